The van der Waals surface area contributed by atoms with Gasteiger partial charge in [-0.25, -0.2) is 9.66 Å². The van der Waals surface area contributed by atoms with Crippen molar-refractivity contribution in [3.05, 3.63) is 45.1 Å². The molecule has 0 spiro atoms. The Balaban J connectivity index is 1.88. The highest BCUT2D eigenvalue weighted by Crippen LogP contribution is 2.33. The molecule has 0 saturated carbocycles. The first-order valence-electron chi connectivity index (χ1n) is 8.31. The maximum Gasteiger partial charge on any atom is 0.281 e. The van der Waals surface area contributed by atoms with E-state index in [1.807, 2.05) is 24.3 Å². The van der Waals surface area contributed by atoms with Gasteiger partial charge in [-0.1, -0.05) is 6.92 Å². The molecule has 0 saturated heterocycles. The van der Waals surface area contributed by atoms with E-state index in [0.29, 0.717) is 11.2 Å². The maximum atomic E-state index is 12.9. The Hall–Kier alpha value is -2.38. The number of hydrogen-bond donors (Lipinski definition) is 1. The smallest absolute Gasteiger partial charge is 0.281 e. The summed E-state index contributed by atoms with van der Waals surface area (Å²) in [5, 5.41) is 0.690. The zero-order valence-corrected chi connectivity index (χ0v) is 15.1. The van der Waals surface area contributed by atoms with E-state index in [2.05, 4.69) is 11.8 Å². The number of likely N-dealkylation sites (N-methyl/N-ethyl adjacent to an activating group) is 1. The Labute approximate surface area is 149 Å². The highest BCUT2D eigenvalue weighted by atomic mass is 32.1. The van der Waals surface area contributed by atoms with Gasteiger partial charge in [-0.3, -0.25) is 9.69 Å². The zero-order valence-electron chi connectivity index (χ0n) is 14.3. The number of hydrogen-bond acceptors (Lipinski definition) is 6. The Morgan fingerprint density at radius 1 is 1.32 bits per heavy atom. The van der Waals surface area contributed by atoms with E-state index in [1.54, 1.807) is 18.4 Å². The van der Waals surface area contributed by atoms with Crippen LogP contribution in [0.5, 0.6) is 5.75 Å². The number of thiophene rings is 1. The number of nitrogens with zero attached hydrogens (tertiary/aromatic N) is 3. The van der Waals surface area contributed by atoms with E-state index in [0.717, 1.165) is 47.8 Å². The van der Waals surface area contributed by atoms with Gasteiger partial charge in [0.25, 0.3) is 5.56 Å². The van der Waals surface area contributed by atoms with E-state index in [4.69, 9.17) is 15.6 Å². The fourth-order valence-electron chi connectivity index (χ4n) is 3.32. The van der Waals surface area contributed by atoms with Crippen LogP contribution in [0, 0.1) is 0 Å². The van der Waals surface area contributed by atoms with Gasteiger partial charge in [0.05, 0.1) is 12.5 Å². The predicted octanol–water partition coefficient (Wildman–Crippen LogP) is 2.23. The molecule has 0 atom stereocenters. The second-order valence-corrected chi connectivity index (χ2v) is 7.23. The number of rotatable bonds is 3. The summed E-state index contributed by atoms with van der Waals surface area (Å²) in [5.74, 6) is 7.33. The molecular weight excluding hydrogens is 336 g/mol. The predicted molar refractivity (Wildman–Crippen MR) is 101 cm³/mol. The summed E-state index contributed by atoms with van der Waals surface area (Å²) in [7, 11) is 1.62. The molecule has 7 heteroatoms. The van der Waals surface area contributed by atoms with Gasteiger partial charge in [0.2, 0.25) is 0 Å². The van der Waals surface area contributed by atoms with Crippen LogP contribution in [-0.4, -0.2) is 34.8 Å². The van der Waals surface area contributed by atoms with E-state index < -0.39 is 0 Å². The minimum atomic E-state index is -0.168. The molecule has 0 radical (unpaired) electrons. The van der Waals surface area contributed by atoms with Crippen LogP contribution in [0.15, 0.2) is 29.1 Å². The van der Waals surface area contributed by atoms with Crippen LogP contribution in [0.25, 0.3) is 21.6 Å². The zero-order chi connectivity index (χ0) is 17.6. The van der Waals surface area contributed by atoms with Crippen molar-refractivity contribution in [2.75, 3.05) is 26.0 Å². The Bertz CT molecular complexity index is 991. The minimum Gasteiger partial charge on any atom is -0.497 e. The van der Waals surface area contributed by atoms with Crippen LogP contribution < -0.4 is 16.1 Å². The fourth-order valence-corrected chi connectivity index (χ4v) is 4.57. The van der Waals surface area contributed by atoms with Crippen LogP contribution in [0.3, 0.4) is 0 Å². The lowest BCUT2D eigenvalue weighted by atomic mass is 10.1. The molecule has 0 bridgehead atoms. The molecule has 0 fully saturated rings. The van der Waals surface area contributed by atoms with Crippen LogP contribution in [0.1, 0.15) is 17.4 Å². The van der Waals surface area contributed by atoms with Crippen LogP contribution in [-0.2, 0) is 13.0 Å². The Morgan fingerprint density at radius 2 is 2.08 bits per heavy atom. The minimum absolute atomic E-state index is 0.168. The first kappa shape index (κ1) is 16.1. The van der Waals surface area contributed by atoms with Crippen molar-refractivity contribution in [1.82, 2.24) is 14.6 Å². The summed E-state index contributed by atoms with van der Waals surface area (Å²) in [6.07, 6.45) is 0.877. The molecule has 3 aromatic rings. The quantitative estimate of drug-likeness (QED) is 0.729. The summed E-state index contributed by atoms with van der Waals surface area (Å²) < 4.78 is 6.35. The van der Waals surface area contributed by atoms with E-state index >= 15 is 0 Å². The Kier molecular flexibility index (Phi) is 3.97. The van der Waals surface area contributed by atoms with Gasteiger partial charge in [0.1, 0.15) is 10.6 Å². The maximum absolute atomic E-state index is 12.9. The monoisotopic (exact) mass is 356 g/mol. The fraction of sp³-hybridized carbons (Fsp3) is 0.333. The van der Waals surface area contributed by atoms with Gasteiger partial charge in [-0.15, -0.1) is 11.3 Å². The standard InChI is InChI=1S/C18H20N4O2S/c1-3-21-9-8-13-14(10-21)25-17-15(13)18(23)22(19)16(20-17)11-4-6-12(24-2)7-5-11/h4-7H,3,8-10,19H2,1-2H3. The molecular formula is C18H20N4O2S. The van der Waals surface area contributed by atoms with Gasteiger partial charge >= 0.3 is 0 Å². The van der Waals surface area contributed by atoms with Crippen LogP contribution in [0.2, 0.25) is 0 Å². The molecule has 2 N–H and O–H groups in total. The highest BCUT2D eigenvalue weighted by molar-refractivity contribution is 7.18. The van der Waals surface area contributed by atoms with E-state index in [-0.39, 0.29) is 5.56 Å². The van der Waals surface area contributed by atoms with Crippen molar-refractivity contribution in [1.29, 1.82) is 0 Å². The van der Waals surface area contributed by atoms with Crippen molar-refractivity contribution < 1.29 is 4.74 Å². The summed E-state index contributed by atoms with van der Waals surface area (Å²) >= 11 is 1.61. The van der Waals surface area contributed by atoms with Crippen molar-refractivity contribution >= 4 is 21.6 Å². The van der Waals surface area contributed by atoms with Crippen molar-refractivity contribution in [3.63, 3.8) is 0 Å². The second-order valence-electron chi connectivity index (χ2n) is 6.14. The van der Waals surface area contributed by atoms with Gasteiger partial charge in [-0.05, 0) is 42.8 Å². The van der Waals surface area contributed by atoms with Gasteiger partial charge in [0.15, 0.2) is 5.82 Å². The molecule has 0 unspecified atom stereocenters. The number of ether oxygens (including phenoxy) is 1. The number of methoxy groups -OCH3 is 1. The first-order chi connectivity index (χ1) is 12.1. The SMILES string of the molecule is CCN1CCc2c(sc3nc(-c4ccc(OC)cc4)n(N)c(=O)c23)C1. The highest BCUT2D eigenvalue weighted by Gasteiger charge is 2.24. The third-order valence-electron chi connectivity index (χ3n) is 4.78. The normalized spacial score (nSPS) is 14.6. The second kappa shape index (κ2) is 6.16. The van der Waals surface area contributed by atoms with Crippen LogP contribution >= 0.6 is 11.3 Å². The van der Waals surface area contributed by atoms with Crippen LogP contribution in [0.4, 0.5) is 0 Å². The summed E-state index contributed by atoms with van der Waals surface area (Å²) in [6, 6.07) is 7.40. The van der Waals surface area contributed by atoms with Crippen molar-refractivity contribution in [2.24, 2.45) is 0 Å². The number of fused-ring (bicyclic) bond motifs is 3. The van der Waals surface area contributed by atoms with Crippen molar-refractivity contribution in [3.8, 4) is 17.1 Å². The van der Waals surface area contributed by atoms with Gasteiger partial charge < -0.3 is 10.6 Å². The van der Waals surface area contributed by atoms with Crippen molar-refractivity contribution in [2.45, 2.75) is 19.9 Å². The molecule has 130 valence electrons. The van der Waals surface area contributed by atoms with E-state index in [1.165, 1.54) is 9.55 Å². The third kappa shape index (κ3) is 2.60. The lowest BCUT2D eigenvalue weighted by Gasteiger charge is -2.24. The summed E-state index contributed by atoms with van der Waals surface area (Å²) in [5.41, 5.74) is 1.75. The summed E-state index contributed by atoms with van der Waals surface area (Å²) in [6.45, 7) is 5.03. The average molecular weight is 356 g/mol. The van der Waals surface area contributed by atoms with E-state index in [9.17, 15) is 4.79 Å². The molecule has 1 aliphatic heterocycles. The van der Waals surface area contributed by atoms with Gasteiger partial charge in [-0.2, -0.15) is 0 Å². The molecule has 25 heavy (non-hydrogen) atoms. The number of nitrogen functional groups attached to an aromatic ring is 1. The largest absolute Gasteiger partial charge is 0.497 e. The molecule has 0 amide bonds. The third-order valence-corrected chi connectivity index (χ3v) is 5.89. The summed E-state index contributed by atoms with van der Waals surface area (Å²) in [4.78, 5) is 22.0. The molecule has 1 aliphatic rings. The lowest BCUT2D eigenvalue weighted by Crippen LogP contribution is -2.32. The number of nitrogens with two attached hydrogens (primary N) is 1. The number of aromatic nitrogens is 2. The lowest BCUT2D eigenvalue weighted by molar-refractivity contribution is 0.272. The molecule has 6 nitrogen and oxygen atoms in total. The average Bonchev–Trinajstić information content (AvgIpc) is 3.02. The van der Waals surface area contributed by atoms with Gasteiger partial charge in [0, 0.05) is 23.5 Å². The first-order valence-corrected chi connectivity index (χ1v) is 9.13. The Morgan fingerprint density at radius 3 is 2.76 bits per heavy atom. The molecule has 2 aromatic heterocycles. The molecule has 0 aliphatic carbocycles. The molecule has 1 aromatic carbocycles. The molecule has 3 heterocycles. The molecule has 4 rings (SSSR count). The number of benzene rings is 1. The topological polar surface area (TPSA) is 73.4 Å².